The van der Waals surface area contributed by atoms with Crippen molar-refractivity contribution in [1.82, 2.24) is 20.2 Å². The normalized spacial score (nSPS) is 10.2. The third-order valence-electron chi connectivity index (χ3n) is 1.55. The molecule has 2 rings (SSSR count). The molecule has 2 aromatic rings. The van der Waals surface area contributed by atoms with Crippen LogP contribution < -0.4 is 5.73 Å². The number of nitrogens with zero attached hydrogens (tertiary/aromatic N) is 4. The Kier molecular flexibility index (Phi) is 1.86. The van der Waals surface area contributed by atoms with Crippen LogP contribution in [0.1, 0.15) is 0 Å². The zero-order valence-corrected chi connectivity index (χ0v) is 7.31. The summed E-state index contributed by atoms with van der Waals surface area (Å²) in [6.45, 7) is 0. The molecular weight excluding hydrogens is 190 g/mol. The highest BCUT2D eigenvalue weighted by Crippen LogP contribution is 2.14. The third-order valence-corrected chi connectivity index (χ3v) is 1.78. The third kappa shape index (κ3) is 1.46. The van der Waals surface area contributed by atoms with Crippen LogP contribution in [0, 0.1) is 0 Å². The molecule has 0 fully saturated rings. The fraction of sp³-hybridized carbons (Fsp3) is 0. The second kappa shape index (κ2) is 3.02. The average Bonchev–Trinajstić information content (AvgIpc) is 2.51. The van der Waals surface area contributed by atoms with Crippen molar-refractivity contribution in [3.8, 4) is 5.69 Å². The second-order valence-electron chi connectivity index (χ2n) is 2.43. The Balaban J connectivity index is 2.53. The van der Waals surface area contributed by atoms with Gasteiger partial charge in [-0.15, -0.1) is 0 Å². The van der Waals surface area contributed by atoms with E-state index in [4.69, 9.17) is 17.3 Å². The summed E-state index contributed by atoms with van der Waals surface area (Å²) in [4.78, 5) is 0. The van der Waals surface area contributed by atoms with Crippen LogP contribution in [0.5, 0.6) is 0 Å². The number of benzene rings is 1. The van der Waals surface area contributed by atoms with Gasteiger partial charge in [0.25, 0.3) is 0 Å². The van der Waals surface area contributed by atoms with Gasteiger partial charge in [0.15, 0.2) is 0 Å². The summed E-state index contributed by atoms with van der Waals surface area (Å²) in [6.07, 6.45) is 0. The monoisotopic (exact) mass is 195 g/mol. The Morgan fingerprint density at radius 2 is 2.23 bits per heavy atom. The van der Waals surface area contributed by atoms with Gasteiger partial charge in [-0.05, 0) is 28.6 Å². The fourth-order valence-electron chi connectivity index (χ4n) is 0.986. The molecule has 0 bridgehead atoms. The van der Waals surface area contributed by atoms with E-state index in [-0.39, 0.29) is 5.95 Å². The van der Waals surface area contributed by atoms with E-state index in [1.165, 1.54) is 4.68 Å². The van der Waals surface area contributed by atoms with Gasteiger partial charge in [-0.25, -0.2) is 0 Å². The molecule has 2 N–H and O–H groups in total. The van der Waals surface area contributed by atoms with Gasteiger partial charge in [-0.1, -0.05) is 22.8 Å². The van der Waals surface area contributed by atoms with E-state index < -0.39 is 0 Å². The van der Waals surface area contributed by atoms with Crippen LogP contribution in [-0.4, -0.2) is 20.2 Å². The first-order chi connectivity index (χ1) is 6.27. The van der Waals surface area contributed by atoms with Crippen LogP contribution in [0.3, 0.4) is 0 Å². The minimum Gasteiger partial charge on any atom is -0.366 e. The van der Waals surface area contributed by atoms with Crippen molar-refractivity contribution < 1.29 is 0 Å². The molecule has 0 saturated heterocycles. The second-order valence-corrected chi connectivity index (χ2v) is 2.87. The van der Waals surface area contributed by atoms with Crippen molar-refractivity contribution in [1.29, 1.82) is 0 Å². The molecule has 0 atom stereocenters. The summed E-state index contributed by atoms with van der Waals surface area (Å²) < 4.78 is 1.41. The van der Waals surface area contributed by atoms with Crippen LogP contribution in [0.25, 0.3) is 5.69 Å². The molecule has 13 heavy (non-hydrogen) atoms. The lowest BCUT2D eigenvalue weighted by atomic mass is 10.3. The van der Waals surface area contributed by atoms with Crippen LogP contribution in [0.4, 0.5) is 5.95 Å². The lowest BCUT2D eigenvalue weighted by Crippen LogP contribution is -2.01. The fourth-order valence-corrected chi connectivity index (χ4v) is 1.17. The van der Waals surface area contributed by atoms with Gasteiger partial charge in [0.2, 0.25) is 5.95 Å². The van der Waals surface area contributed by atoms with Crippen molar-refractivity contribution in [2.24, 2.45) is 0 Å². The maximum Gasteiger partial charge on any atom is 0.245 e. The number of nitrogens with two attached hydrogens (primary N) is 1. The van der Waals surface area contributed by atoms with E-state index in [1.807, 2.05) is 6.07 Å². The van der Waals surface area contributed by atoms with Crippen LogP contribution in [-0.2, 0) is 0 Å². The molecular formula is C7H6ClN5. The molecule has 5 nitrogen and oxygen atoms in total. The zero-order valence-electron chi connectivity index (χ0n) is 6.55. The molecule has 0 aliphatic heterocycles. The predicted octanol–water partition coefficient (Wildman–Crippen LogP) is 0.898. The number of anilines is 1. The van der Waals surface area contributed by atoms with Gasteiger partial charge in [0.1, 0.15) is 0 Å². The summed E-state index contributed by atoms with van der Waals surface area (Å²) in [6, 6.07) is 7.12. The van der Waals surface area contributed by atoms with Gasteiger partial charge in [-0.3, -0.25) is 0 Å². The minimum absolute atomic E-state index is 0.238. The minimum atomic E-state index is 0.238. The highest BCUT2D eigenvalue weighted by atomic mass is 35.5. The molecule has 0 amide bonds. The number of rotatable bonds is 1. The number of hydrogen-bond donors (Lipinski definition) is 1. The summed E-state index contributed by atoms with van der Waals surface area (Å²) in [5, 5.41) is 11.3. The van der Waals surface area contributed by atoms with Gasteiger partial charge in [0, 0.05) is 5.02 Å². The summed E-state index contributed by atoms with van der Waals surface area (Å²) >= 11 is 5.79. The topological polar surface area (TPSA) is 69.6 Å². The van der Waals surface area contributed by atoms with Crippen molar-refractivity contribution in [3.05, 3.63) is 29.3 Å². The number of hydrogen-bond acceptors (Lipinski definition) is 4. The van der Waals surface area contributed by atoms with E-state index in [1.54, 1.807) is 18.2 Å². The Labute approximate surface area is 79.1 Å². The lowest BCUT2D eigenvalue weighted by molar-refractivity contribution is 0.792. The van der Waals surface area contributed by atoms with Crippen molar-refractivity contribution >= 4 is 17.5 Å². The van der Waals surface area contributed by atoms with Crippen molar-refractivity contribution in [2.45, 2.75) is 0 Å². The van der Waals surface area contributed by atoms with Gasteiger partial charge in [-0.2, -0.15) is 4.68 Å². The maximum absolute atomic E-state index is 5.79. The smallest absolute Gasteiger partial charge is 0.245 e. The summed E-state index contributed by atoms with van der Waals surface area (Å²) in [5.74, 6) is 0.238. The number of aromatic nitrogens is 4. The molecule has 6 heteroatoms. The highest BCUT2D eigenvalue weighted by molar-refractivity contribution is 6.30. The number of nitrogen functional groups attached to an aromatic ring is 1. The first kappa shape index (κ1) is 8.00. The molecule has 0 spiro atoms. The molecule has 0 aliphatic rings. The standard InChI is InChI=1S/C7H6ClN5/c8-5-2-1-3-6(4-5)13-7(9)10-11-12-13/h1-4H,(H2,9,10,12). The SMILES string of the molecule is Nc1nnnn1-c1cccc(Cl)c1. The van der Waals surface area contributed by atoms with Crippen molar-refractivity contribution in [3.63, 3.8) is 0 Å². The Bertz CT molecular complexity index is 424. The summed E-state index contributed by atoms with van der Waals surface area (Å²) in [7, 11) is 0. The first-order valence-electron chi connectivity index (χ1n) is 3.57. The van der Waals surface area contributed by atoms with E-state index in [0.29, 0.717) is 5.02 Å². The van der Waals surface area contributed by atoms with Crippen molar-refractivity contribution in [2.75, 3.05) is 5.73 Å². The molecule has 0 saturated carbocycles. The van der Waals surface area contributed by atoms with E-state index in [0.717, 1.165) is 5.69 Å². The predicted molar refractivity (Wildman–Crippen MR) is 48.6 cm³/mol. The Morgan fingerprint density at radius 1 is 1.38 bits per heavy atom. The molecule has 1 aromatic carbocycles. The molecule has 1 heterocycles. The molecule has 1 aromatic heterocycles. The largest absolute Gasteiger partial charge is 0.366 e. The maximum atomic E-state index is 5.79. The first-order valence-corrected chi connectivity index (χ1v) is 3.95. The molecule has 0 radical (unpaired) electrons. The van der Waals surface area contributed by atoms with Crippen LogP contribution in [0.2, 0.25) is 5.02 Å². The average molecular weight is 196 g/mol. The zero-order chi connectivity index (χ0) is 9.26. The van der Waals surface area contributed by atoms with E-state index >= 15 is 0 Å². The van der Waals surface area contributed by atoms with Gasteiger partial charge in [0.05, 0.1) is 5.69 Å². The quantitative estimate of drug-likeness (QED) is 0.734. The Morgan fingerprint density at radius 3 is 2.85 bits per heavy atom. The van der Waals surface area contributed by atoms with Crippen LogP contribution in [0.15, 0.2) is 24.3 Å². The molecule has 0 unspecified atom stereocenters. The lowest BCUT2D eigenvalue weighted by Gasteiger charge is -2.00. The van der Waals surface area contributed by atoms with Crippen LogP contribution >= 0.6 is 11.6 Å². The number of tetrazole rings is 1. The van der Waals surface area contributed by atoms with E-state index in [9.17, 15) is 0 Å². The number of halogens is 1. The Hall–Kier alpha value is -1.62. The molecule has 0 aliphatic carbocycles. The van der Waals surface area contributed by atoms with E-state index in [2.05, 4.69) is 15.5 Å². The van der Waals surface area contributed by atoms with Gasteiger partial charge >= 0.3 is 0 Å². The molecule has 66 valence electrons. The highest BCUT2D eigenvalue weighted by Gasteiger charge is 2.03. The van der Waals surface area contributed by atoms with Gasteiger partial charge < -0.3 is 5.73 Å². The summed E-state index contributed by atoms with van der Waals surface area (Å²) in [5.41, 5.74) is 6.25.